The van der Waals surface area contributed by atoms with Gasteiger partial charge in [0.25, 0.3) is 0 Å². The molecule has 0 amide bonds. The highest BCUT2D eigenvalue weighted by atomic mass is 28.3. The molecule has 0 heterocycles. The maximum Gasteiger partial charge on any atom is 0.112 e. The average Bonchev–Trinajstić information content (AvgIpc) is 2.29. The van der Waals surface area contributed by atoms with Crippen LogP contribution in [0.4, 0.5) is 0 Å². The van der Waals surface area contributed by atoms with Crippen LogP contribution in [0.1, 0.15) is 11.1 Å². The van der Waals surface area contributed by atoms with Crippen LogP contribution in [0, 0.1) is 13.8 Å². The summed E-state index contributed by atoms with van der Waals surface area (Å²) in [4.78, 5) is 0. The van der Waals surface area contributed by atoms with Crippen molar-refractivity contribution < 1.29 is 0 Å². The van der Waals surface area contributed by atoms with Crippen LogP contribution in [0.15, 0.2) is 48.5 Å². The van der Waals surface area contributed by atoms with Gasteiger partial charge in [0.2, 0.25) is 0 Å². The number of aryl methyl sites for hydroxylation is 2. The van der Waals surface area contributed by atoms with Crippen LogP contribution >= 0.6 is 0 Å². The normalized spacial score (nSPS) is 11.5. The summed E-state index contributed by atoms with van der Waals surface area (Å²) in [5.74, 6) is 0. The average molecular weight is 240 g/mol. The first kappa shape index (κ1) is 12.1. The summed E-state index contributed by atoms with van der Waals surface area (Å²) in [6.45, 7) is 9.16. The van der Waals surface area contributed by atoms with Gasteiger partial charge in [0, 0.05) is 0 Å². The Morgan fingerprint density at radius 1 is 0.706 bits per heavy atom. The van der Waals surface area contributed by atoms with Crippen LogP contribution in [0.25, 0.3) is 0 Å². The number of hydrogen-bond donors (Lipinski definition) is 0. The SMILES string of the molecule is Cc1ccc([Si](C)(C)c2cccc(C)c2)cc1. The lowest BCUT2D eigenvalue weighted by Gasteiger charge is -2.24. The Morgan fingerprint density at radius 3 is 1.94 bits per heavy atom. The summed E-state index contributed by atoms with van der Waals surface area (Å²) in [5, 5.41) is 3.02. The van der Waals surface area contributed by atoms with Gasteiger partial charge in [0.1, 0.15) is 8.07 Å². The molecule has 0 bridgehead atoms. The van der Waals surface area contributed by atoms with E-state index in [1.807, 2.05) is 0 Å². The first-order chi connectivity index (χ1) is 8.00. The highest BCUT2D eigenvalue weighted by Crippen LogP contribution is 2.07. The zero-order valence-corrected chi connectivity index (χ0v) is 12.1. The van der Waals surface area contributed by atoms with Crippen molar-refractivity contribution in [2.45, 2.75) is 26.9 Å². The molecule has 0 N–H and O–H groups in total. The molecular formula is C16H20Si. The van der Waals surface area contributed by atoms with E-state index < -0.39 is 8.07 Å². The minimum atomic E-state index is -1.51. The smallest absolute Gasteiger partial charge is 0.0626 e. The molecule has 0 aromatic heterocycles. The Labute approximate surface area is 105 Å². The maximum atomic E-state index is 2.42. The summed E-state index contributed by atoms with van der Waals surface area (Å²) >= 11 is 0. The van der Waals surface area contributed by atoms with Crippen LogP contribution in [-0.4, -0.2) is 8.07 Å². The quantitative estimate of drug-likeness (QED) is 0.708. The van der Waals surface area contributed by atoms with Crippen LogP contribution < -0.4 is 10.4 Å². The fraction of sp³-hybridized carbons (Fsp3) is 0.250. The topological polar surface area (TPSA) is 0 Å². The van der Waals surface area contributed by atoms with Crippen LogP contribution in [-0.2, 0) is 0 Å². The summed E-state index contributed by atoms with van der Waals surface area (Å²) in [6.07, 6.45) is 0. The first-order valence-electron chi connectivity index (χ1n) is 6.14. The van der Waals surface area contributed by atoms with Crippen LogP contribution in [0.5, 0.6) is 0 Å². The van der Waals surface area contributed by atoms with Crippen molar-refractivity contribution in [3.8, 4) is 0 Å². The third-order valence-electron chi connectivity index (χ3n) is 3.51. The van der Waals surface area contributed by atoms with E-state index in [0.717, 1.165) is 0 Å². The summed E-state index contributed by atoms with van der Waals surface area (Å²) in [6, 6.07) is 18.0. The lowest BCUT2D eigenvalue weighted by Crippen LogP contribution is -2.52. The molecule has 0 saturated carbocycles. The zero-order chi connectivity index (χ0) is 12.5. The van der Waals surface area contributed by atoms with Gasteiger partial charge in [-0.15, -0.1) is 0 Å². The Balaban J connectivity index is 2.45. The van der Waals surface area contributed by atoms with Gasteiger partial charge in [0.05, 0.1) is 0 Å². The summed E-state index contributed by atoms with van der Waals surface area (Å²) < 4.78 is 0. The molecule has 0 unspecified atom stereocenters. The summed E-state index contributed by atoms with van der Waals surface area (Å²) in [5.41, 5.74) is 2.69. The number of rotatable bonds is 2. The molecule has 1 heteroatoms. The van der Waals surface area contributed by atoms with E-state index in [9.17, 15) is 0 Å². The molecule has 0 aliphatic carbocycles. The minimum absolute atomic E-state index is 1.34. The van der Waals surface area contributed by atoms with Crippen molar-refractivity contribution in [2.75, 3.05) is 0 Å². The first-order valence-corrected chi connectivity index (χ1v) is 9.14. The second kappa shape index (κ2) is 4.50. The Kier molecular flexibility index (Phi) is 3.21. The number of hydrogen-bond acceptors (Lipinski definition) is 0. The lowest BCUT2D eigenvalue weighted by atomic mass is 10.2. The summed E-state index contributed by atoms with van der Waals surface area (Å²) in [7, 11) is -1.51. The molecule has 0 aliphatic rings. The predicted octanol–water partition coefficient (Wildman–Crippen LogP) is 3.13. The molecule has 0 nitrogen and oxygen atoms in total. The predicted molar refractivity (Wildman–Crippen MR) is 79.1 cm³/mol. The van der Waals surface area contributed by atoms with Gasteiger partial charge in [-0.05, 0) is 13.8 Å². The van der Waals surface area contributed by atoms with E-state index >= 15 is 0 Å². The molecule has 0 spiro atoms. The maximum absolute atomic E-state index is 2.42. The van der Waals surface area contributed by atoms with Gasteiger partial charge < -0.3 is 0 Å². The molecule has 0 aliphatic heterocycles. The third-order valence-corrected chi connectivity index (χ3v) is 7.04. The molecule has 2 rings (SSSR count). The second-order valence-corrected chi connectivity index (χ2v) is 9.77. The molecule has 2 aromatic rings. The van der Waals surface area contributed by atoms with Crippen molar-refractivity contribution >= 4 is 18.4 Å². The molecular weight excluding hydrogens is 220 g/mol. The largest absolute Gasteiger partial charge is 0.112 e. The molecule has 0 radical (unpaired) electrons. The van der Waals surface area contributed by atoms with E-state index in [0.29, 0.717) is 0 Å². The number of benzene rings is 2. The fourth-order valence-corrected chi connectivity index (χ4v) is 4.61. The van der Waals surface area contributed by atoms with Crippen molar-refractivity contribution in [3.05, 3.63) is 59.7 Å². The van der Waals surface area contributed by atoms with Gasteiger partial charge in [-0.25, -0.2) is 0 Å². The van der Waals surface area contributed by atoms with Crippen LogP contribution in [0.3, 0.4) is 0 Å². The van der Waals surface area contributed by atoms with Crippen LogP contribution in [0.2, 0.25) is 13.1 Å². The minimum Gasteiger partial charge on any atom is -0.0626 e. The van der Waals surface area contributed by atoms with Crippen molar-refractivity contribution in [3.63, 3.8) is 0 Å². The van der Waals surface area contributed by atoms with Crippen molar-refractivity contribution in [1.29, 1.82) is 0 Å². The third kappa shape index (κ3) is 2.50. The van der Waals surface area contributed by atoms with Crippen molar-refractivity contribution in [2.24, 2.45) is 0 Å². The molecule has 2 aromatic carbocycles. The van der Waals surface area contributed by atoms with Gasteiger partial charge in [0.15, 0.2) is 0 Å². The van der Waals surface area contributed by atoms with Crippen molar-refractivity contribution in [1.82, 2.24) is 0 Å². The van der Waals surface area contributed by atoms with Gasteiger partial charge in [-0.2, -0.15) is 0 Å². The molecule has 0 fully saturated rings. The highest BCUT2D eigenvalue weighted by Gasteiger charge is 2.25. The monoisotopic (exact) mass is 240 g/mol. The fourth-order valence-electron chi connectivity index (χ4n) is 2.17. The van der Waals surface area contributed by atoms with E-state index in [2.05, 4.69) is 75.5 Å². The Morgan fingerprint density at radius 2 is 1.35 bits per heavy atom. The second-order valence-electron chi connectivity index (χ2n) is 5.36. The standard InChI is InChI=1S/C16H20Si/c1-13-8-10-15(11-9-13)17(3,4)16-7-5-6-14(2)12-16/h5-12H,1-4H3. The van der Waals surface area contributed by atoms with E-state index in [1.165, 1.54) is 21.5 Å². The van der Waals surface area contributed by atoms with E-state index in [4.69, 9.17) is 0 Å². The Bertz CT molecular complexity index is 509. The zero-order valence-electron chi connectivity index (χ0n) is 11.1. The van der Waals surface area contributed by atoms with Gasteiger partial charge in [-0.3, -0.25) is 0 Å². The van der Waals surface area contributed by atoms with E-state index in [-0.39, 0.29) is 0 Å². The lowest BCUT2D eigenvalue weighted by molar-refractivity contribution is 1.47. The molecule has 0 saturated heterocycles. The van der Waals surface area contributed by atoms with Gasteiger partial charge in [-0.1, -0.05) is 83.1 Å². The van der Waals surface area contributed by atoms with E-state index in [1.54, 1.807) is 0 Å². The Hall–Kier alpha value is -1.34. The molecule has 0 atom stereocenters. The molecule has 88 valence electrons. The molecule has 17 heavy (non-hydrogen) atoms. The highest BCUT2D eigenvalue weighted by molar-refractivity contribution is 7.00. The van der Waals surface area contributed by atoms with Gasteiger partial charge >= 0.3 is 0 Å².